The van der Waals surface area contributed by atoms with E-state index in [9.17, 15) is 0 Å². The first-order valence-electron chi connectivity index (χ1n) is 3.25. The number of allylic oxidation sites excluding steroid dienone is 2. The van der Waals surface area contributed by atoms with E-state index in [2.05, 4.69) is 33.1 Å². The molecule has 0 aromatic heterocycles. The molecule has 3 nitrogen and oxygen atoms in total. The molecule has 1 atom stereocenters. The third kappa shape index (κ3) is 1.11. The molecule has 0 saturated carbocycles. The van der Waals surface area contributed by atoms with Crippen LogP contribution in [0.15, 0.2) is 28.9 Å². The Balaban J connectivity index is 2.39. The molecule has 0 aromatic rings. The Labute approximate surface area is 77.9 Å². The molecule has 2 rings (SSSR count). The lowest BCUT2D eigenvalue weighted by Crippen LogP contribution is -2.21. The van der Waals surface area contributed by atoms with E-state index in [4.69, 9.17) is 5.41 Å². The van der Waals surface area contributed by atoms with Gasteiger partial charge in [0.05, 0.1) is 11.8 Å². The van der Waals surface area contributed by atoms with Gasteiger partial charge in [0, 0.05) is 5.57 Å². The number of nitrogens with zero attached hydrogens (tertiary/aromatic N) is 1. The third-order valence-corrected chi connectivity index (χ3v) is 2.52. The van der Waals surface area contributed by atoms with Crippen molar-refractivity contribution in [2.75, 3.05) is 0 Å². The number of hydrogen-bond acceptors (Lipinski definition) is 3. The van der Waals surface area contributed by atoms with Gasteiger partial charge >= 0.3 is 0 Å². The fourth-order valence-corrected chi connectivity index (χ4v) is 1.73. The maximum atomic E-state index is 7.38. The highest BCUT2D eigenvalue weighted by Gasteiger charge is 2.22. The van der Waals surface area contributed by atoms with Gasteiger partial charge in [0.15, 0.2) is 0 Å². The summed E-state index contributed by atoms with van der Waals surface area (Å²) in [5.74, 6) is 0. The minimum absolute atomic E-state index is 0.205. The Morgan fingerprint density at radius 1 is 1.64 bits per heavy atom. The summed E-state index contributed by atoms with van der Waals surface area (Å²) in [4.78, 5) is 0. The first kappa shape index (κ1) is 7.02. The van der Waals surface area contributed by atoms with E-state index < -0.39 is 0 Å². The summed E-state index contributed by atoms with van der Waals surface area (Å²) in [5.41, 5.74) is 4.61. The van der Waals surface area contributed by atoms with E-state index in [0.717, 1.165) is 9.29 Å². The Hall–Kier alpha value is -0.650. The highest BCUT2D eigenvalue weighted by molar-refractivity contribution is 14.1. The van der Waals surface area contributed by atoms with Crippen molar-refractivity contribution in [3.63, 3.8) is 0 Å². The molecule has 0 unspecified atom stereocenters. The smallest absolute Gasteiger partial charge is 0.126 e. The van der Waals surface area contributed by atoms with E-state index in [-0.39, 0.29) is 6.04 Å². The first-order chi connectivity index (χ1) is 5.27. The zero-order chi connectivity index (χ0) is 7.84. The molecule has 11 heavy (non-hydrogen) atoms. The maximum Gasteiger partial charge on any atom is 0.126 e. The van der Waals surface area contributed by atoms with Gasteiger partial charge < -0.3 is 5.41 Å². The number of hydrazone groups is 1. The largest absolute Gasteiger partial charge is 0.301 e. The molecule has 0 spiro atoms. The van der Waals surface area contributed by atoms with Gasteiger partial charge in [-0.05, 0) is 34.7 Å². The lowest BCUT2D eigenvalue weighted by atomic mass is 10.0. The fraction of sp³-hybridized carbons (Fsp3) is 0.143. The Bertz CT molecular complexity index is 301. The summed E-state index contributed by atoms with van der Waals surface area (Å²) in [6.45, 7) is 0. The minimum atomic E-state index is 0.205. The molecule has 1 aliphatic heterocycles. The third-order valence-electron chi connectivity index (χ3n) is 1.65. The van der Waals surface area contributed by atoms with Gasteiger partial charge in [-0.3, -0.25) is 5.43 Å². The number of fused-ring (bicyclic) bond motifs is 1. The van der Waals surface area contributed by atoms with Crippen molar-refractivity contribution >= 4 is 32.0 Å². The van der Waals surface area contributed by atoms with Gasteiger partial charge in [0.2, 0.25) is 0 Å². The second-order valence-electron chi connectivity index (χ2n) is 2.42. The Morgan fingerprint density at radius 3 is 3.27 bits per heavy atom. The molecule has 2 aliphatic rings. The summed E-state index contributed by atoms with van der Waals surface area (Å²) in [5, 5.41) is 11.4. The van der Waals surface area contributed by atoms with Gasteiger partial charge in [0.1, 0.15) is 3.72 Å². The number of rotatable bonds is 0. The van der Waals surface area contributed by atoms with Crippen molar-refractivity contribution in [3.8, 4) is 0 Å². The zero-order valence-electron chi connectivity index (χ0n) is 5.63. The topological polar surface area (TPSA) is 48.2 Å². The van der Waals surface area contributed by atoms with Gasteiger partial charge in [-0.15, -0.1) is 0 Å². The van der Waals surface area contributed by atoms with Crippen molar-refractivity contribution < 1.29 is 0 Å². The highest BCUT2D eigenvalue weighted by atomic mass is 127. The van der Waals surface area contributed by atoms with Crippen LogP contribution in [0.4, 0.5) is 0 Å². The zero-order valence-corrected chi connectivity index (χ0v) is 7.79. The molecular weight excluding hydrogens is 253 g/mol. The number of hydrogen-bond donors (Lipinski definition) is 2. The first-order valence-corrected chi connectivity index (χ1v) is 4.32. The standard InChI is InChI=1S/C7H6IN3/c8-7-5-3-4(9)1-2-6(5)10-11-7/h1-3,6,9-10H/t6-/m1/s1. The van der Waals surface area contributed by atoms with Crippen LogP contribution in [0.2, 0.25) is 0 Å². The van der Waals surface area contributed by atoms with Crippen molar-refractivity contribution in [2.24, 2.45) is 5.10 Å². The van der Waals surface area contributed by atoms with E-state index in [1.54, 1.807) is 6.08 Å². The molecule has 0 saturated heterocycles. The van der Waals surface area contributed by atoms with Gasteiger partial charge in [0.25, 0.3) is 0 Å². The van der Waals surface area contributed by atoms with Crippen LogP contribution in [0.25, 0.3) is 0 Å². The van der Waals surface area contributed by atoms with E-state index in [0.29, 0.717) is 5.71 Å². The predicted octanol–water partition coefficient (Wildman–Crippen LogP) is 1.22. The van der Waals surface area contributed by atoms with Gasteiger partial charge in [-0.25, -0.2) is 0 Å². The highest BCUT2D eigenvalue weighted by Crippen LogP contribution is 2.20. The second-order valence-corrected chi connectivity index (χ2v) is 3.45. The van der Waals surface area contributed by atoms with Crippen LogP contribution < -0.4 is 5.43 Å². The summed E-state index contributed by atoms with van der Waals surface area (Å²) in [7, 11) is 0. The quantitative estimate of drug-likeness (QED) is 0.631. The molecule has 1 heterocycles. The fourth-order valence-electron chi connectivity index (χ4n) is 1.10. The summed E-state index contributed by atoms with van der Waals surface area (Å²) in [6.07, 6.45) is 5.58. The molecule has 4 heteroatoms. The summed E-state index contributed by atoms with van der Waals surface area (Å²) in [6, 6.07) is 0.205. The van der Waals surface area contributed by atoms with Crippen molar-refractivity contribution in [1.82, 2.24) is 5.43 Å². The van der Waals surface area contributed by atoms with Gasteiger partial charge in [-0.1, -0.05) is 6.08 Å². The number of nitrogens with one attached hydrogen (secondary N) is 2. The summed E-state index contributed by atoms with van der Waals surface area (Å²) >= 11 is 2.17. The minimum Gasteiger partial charge on any atom is -0.301 e. The predicted molar refractivity (Wildman–Crippen MR) is 53.3 cm³/mol. The van der Waals surface area contributed by atoms with Gasteiger partial charge in [-0.2, -0.15) is 5.10 Å². The molecule has 0 amide bonds. The lowest BCUT2D eigenvalue weighted by molar-refractivity contribution is 0.745. The SMILES string of the molecule is N=C1C=C[C@H]2NN=C(I)C2=C1. The average molecular weight is 259 g/mol. The van der Waals surface area contributed by atoms with Crippen LogP contribution in [0.3, 0.4) is 0 Å². The molecule has 0 fully saturated rings. The van der Waals surface area contributed by atoms with E-state index in [1.165, 1.54) is 0 Å². The molecule has 0 radical (unpaired) electrons. The van der Waals surface area contributed by atoms with E-state index >= 15 is 0 Å². The molecular formula is C7H6IN3. The van der Waals surface area contributed by atoms with Crippen molar-refractivity contribution in [1.29, 1.82) is 5.41 Å². The molecule has 0 bridgehead atoms. The van der Waals surface area contributed by atoms with Crippen molar-refractivity contribution in [2.45, 2.75) is 6.04 Å². The Morgan fingerprint density at radius 2 is 2.45 bits per heavy atom. The monoisotopic (exact) mass is 259 g/mol. The van der Waals surface area contributed by atoms with Crippen LogP contribution in [-0.4, -0.2) is 15.5 Å². The summed E-state index contributed by atoms with van der Waals surface area (Å²) < 4.78 is 0.960. The van der Waals surface area contributed by atoms with Crippen molar-refractivity contribution in [3.05, 3.63) is 23.8 Å². The lowest BCUT2D eigenvalue weighted by Gasteiger charge is -2.10. The van der Waals surface area contributed by atoms with E-state index in [1.807, 2.05) is 12.2 Å². The average Bonchev–Trinajstić information content (AvgIpc) is 2.33. The molecule has 0 aromatic carbocycles. The van der Waals surface area contributed by atoms with Crippen LogP contribution in [0.1, 0.15) is 0 Å². The second kappa shape index (κ2) is 2.44. The normalized spacial score (nSPS) is 27.4. The molecule has 56 valence electrons. The molecule has 1 aliphatic carbocycles. The Kier molecular flexibility index (Phi) is 1.56. The van der Waals surface area contributed by atoms with Crippen LogP contribution in [-0.2, 0) is 0 Å². The number of halogens is 1. The van der Waals surface area contributed by atoms with Crippen LogP contribution in [0.5, 0.6) is 0 Å². The van der Waals surface area contributed by atoms with Crippen LogP contribution >= 0.6 is 22.6 Å². The maximum absolute atomic E-state index is 7.38. The molecule has 2 N–H and O–H groups in total. The van der Waals surface area contributed by atoms with Crippen LogP contribution in [0, 0.1) is 5.41 Å².